The molecule has 2 heterocycles. The monoisotopic (exact) mass is 372 g/mol. The zero-order valence-corrected chi connectivity index (χ0v) is 15.7. The molecule has 6 nitrogen and oxygen atoms in total. The van der Waals surface area contributed by atoms with Crippen LogP contribution < -0.4 is 10.6 Å². The summed E-state index contributed by atoms with van der Waals surface area (Å²) in [6.07, 6.45) is 3.49. The third kappa shape index (κ3) is 4.53. The van der Waals surface area contributed by atoms with Crippen molar-refractivity contribution in [3.63, 3.8) is 0 Å². The van der Waals surface area contributed by atoms with Crippen molar-refractivity contribution < 1.29 is 14.0 Å². The lowest BCUT2D eigenvalue weighted by atomic mass is 10.1. The maximum atomic E-state index is 13.4. The fourth-order valence-corrected chi connectivity index (χ4v) is 3.21. The van der Waals surface area contributed by atoms with Gasteiger partial charge in [-0.2, -0.15) is 0 Å². The summed E-state index contributed by atoms with van der Waals surface area (Å²) in [5, 5.41) is 5.56. The quantitative estimate of drug-likeness (QED) is 0.816. The SMILES string of the molecule is CC(C)CCNC(=O)c1nc(C(=O)Nc2cccc(F)c2)n2c1CCCC2. The highest BCUT2D eigenvalue weighted by Gasteiger charge is 2.27. The second kappa shape index (κ2) is 8.33. The molecule has 0 aliphatic carbocycles. The van der Waals surface area contributed by atoms with Crippen LogP contribution in [-0.2, 0) is 13.0 Å². The molecule has 0 bridgehead atoms. The summed E-state index contributed by atoms with van der Waals surface area (Å²) >= 11 is 0. The summed E-state index contributed by atoms with van der Waals surface area (Å²) in [7, 11) is 0. The molecule has 144 valence electrons. The number of anilines is 1. The van der Waals surface area contributed by atoms with E-state index in [1.54, 1.807) is 6.07 Å². The van der Waals surface area contributed by atoms with Crippen LogP contribution in [-0.4, -0.2) is 27.9 Å². The van der Waals surface area contributed by atoms with Crippen LogP contribution in [0.1, 0.15) is 59.9 Å². The molecule has 1 aliphatic rings. The van der Waals surface area contributed by atoms with Crippen LogP contribution in [0.5, 0.6) is 0 Å². The Hall–Kier alpha value is -2.70. The molecule has 3 rings (SSSR count). The van der Waals surface area contributed by atoms with Crippen LogP contribution >= 0.6 is 0 Å². The first-order chi connectivity index (χ1) is 13.0. The van der Waals surface area contributed by atoms with E-state index in [1.165, 1.54) is 18.2 Å². The third-order valence-corrected chi connectivity index (χ3v) is 4.63. The van der Waals surface area contributed by atoms with Crippen LogP contribution in [0.3, 0.4) is 0 Å². The van der Waals surface area contributed by atoms with E-state index in [-0.39, 0.29) is 11.7 Å². The van der Waals surface area contributed by atoms with Crippen LogP contribution in [0.2, 0.25) is 0 Å². The minimum Gasteiger partial charge on any atom is -0.351 e. The molecule has 0 radical (unpaired) electrons. The number of fused-ring (bicyclic) bond motifs is 1. The number of benzene rings is 1. The molecule has 27 heavy (non-hydrogen) atoms. The van der Waals surface area contributed by atoms with Crippen LogP contribution in [0.25, 0.3) is 0 Å². The maximum Gasteiger partial charge on any atom is 0.291 e. The van der Waals surface area contributed by atoms with Crippen molar-refractivity contribution in [1.29, 1.82) is 0 Å². The Labute approximate surface area is 158 Å². The molecule has 0 unspecified atom stereocenters. The van der Waals surface area contributed by atoms with E-state index in [4.69, 9.17) is 0 Å². The molecule has 0 fully saturated rings. The molecule has 1 aromatic carbocycles. The van der Waals surface area contributed by atoms with Gasteiger partial charge in [0.2, 0.25) is 0 Å². The topological polar surface area (TPSA) is 76.0 Å². The molecule has 1 aliphatic heterocycles. The van der Waals surface area contributed by atoms with Gasteiger partial charge in [-0.05, 0) is 49.8 Å². The van der Waals surface area contributed by atoms with Gasteiger partial charge in [0.25, 0.3) is 11.8 Å². The van der Waals surface area contributed by atoms with Crippen molar-refractivity contribution in [2.75, 3.05) is 11.9 Å². The van der Waals surface area contributed by atoms with E-state index in [2.05, 4.69) is 29.5 Å². The Bertz CT molecular complexity index is 845. The second-order valence-electron chi connectivity index (χ2n) is 7.24. The Morgan fingerprint density at radius 1 is 1.26 bits per heavy atom. The number of nitrogens with zero attached hydrogens (tertiary/aromatic N) is 2. The van der Waals surface area contributed by atoms with E-state index >= 15 is 0 Å². The van der Waals surface area contributed by atoms with Crippen molar-refractivity contribution >= 4 is 17.5 Å². The first-order valence-corrected chi connectivity index (χ1v) is 9.40. The lowest BCUT2D eigenvalue weighted by Gasteiger charge is -2.17. The minimum atomic E-state index is -0.440. The maximum absolute atomic E-state index is 13.4. The number of carbonyl (C=O) groups is 2. The standard InChI is InChI=1S/C20H25FN4O2/c1-13(2)9-10-22-19(26)17-16-8-3-4-11-25(16)18(24-17)20(27)23-15-7-5-6-14(21)12-15/h5-7,12-13H,3-4,8-11H2,1-2H3,(H,22,26)(H,23,27). The fraction of sp³-hybridized carbons (Fsp3) is 0.450. The molecule has 0 saturated carbocycles. The van der Waals surface area contributed by atoms with E-state index in [1.807, 2.05) is 4.57 Å². The summed E-state index contributed by atoms with van der Waals surface area (Å²) in [6, 6.07) is 5.70. The smallest absolute Gasteiger partial charge is 0.291 e. The van der Waals surface area contributed by atoms with Crippen LogP contribution in [0.15, 0.2) is 24.3 Å². The lowest BCUT2D eigenvalue weighted by Crippen LogP contribution is -2.27. The predicted molar refractivity (Wildman–Crippen MR) is 101 cm³/mol. The van der Waals surface area contributed by atoms with E-state index in [0.717, 1.165) is 25.0 Å². The van der Waals surface area contributed by atoms with Gasteiger partial charge in [-0.1, -0.05) is 19.9 Å². The number of hydrogen-bond donors (Lipinski definition) is 2. The van der Waals surface area contributed by atoms with Gasteiger partial charge in [-0.3, -0.25) is 9.59 Å². The highest BCUT2D eigenvalue weighted by Crippen LogP contribution is 2.22. The number of aromatic nitrogens is 2. The fourth-order valence-electron chi connectivity index (χ4n) is 3.21. The highest BCUT2D eigenvalue weighted by atomic mass is 19.1. The number of imidazole rings is 1. The van der Waals surface area contributed by atoms with Gasteiger partial charge in [0.05, 0.1) is 5.69 Å². The van der Waals surface area contributed by atoms with Crippen molar-refractivity contribution in [2.24, 2.45) is 5.92 Å². The third-order valence-electron chi connectivity index (χ3n) is 4.63. The second-order valence-corrected chi connectivity index (χ2v) is 7.24. The van der Waals surface area contributed by atoms with Gasteiger partial charge in [-0.15, -0.1) is 0 Å². The van der Waals surface area contributed by atoms with Gasteiger partial charge in [-0.25, -0.2) is 9.37 Å². The number of rotatable bonds is 6. The average molecular weight is 372 g/mol. The molecule has 7 heteroatoms. The highest BCUT2D eigenvalue weighted by molar-refractivity contribution is 6.03. The van der Waals surface area contributed by atoms with Gasteiger partial charge in [0, 0.05) is 18.8 Å². The molecule has 2 aromatic rings. The molecule has 1 aromatic heterocycles. The van der Waals surface area contributed by atoms with Gasteiger partial charge < -0.3 is 15.2 Å². The Morgan fingerprint density at radius 3 is 2.81 bits per heavy atom. The normalized spacial score (nSPS) is 13.3. The van der Waals surface area contributed by atoms with Crippen LogP contribution in [0.4, 0.5) is 10.1 Å². The first-order valence-electron chi connectivity index (χ1n) is 9.40. The zero-order valence-electron chi connectivity index (χ0n) is 15.7. The number of carbonyl (C=O) groups excluding carboxylic acids is 2. The average Bonchev–Trinajstić information content (AvgIpc) is 3.01. The predicted octanol–water partition coefficient (Wildman–Crippen LogP) is 3.39. The number of amides is 2. The molecule has 0 spiro atoms. The molecular weight excluding hydrogens is 347 g/mol. The number of nitrogens with one attached hydrogen (secondary N) is 2. The van der Waals surface area contributed by atoms with Crippen molar-refractivity contribution in [3.05, 3.63) is 47.3 Å². The largest absolute Gasteiger partial charge is 0.351 e. The Balaban J connectivity index is 1.82. The van der Waals surface area contributed by atoms with E-state index in [0.29, 0.717) is 36.8 Å². The molecule has 2 amide bonds. The summed E-state index contributed by atoms with van der Waals surface area (Å²) in [5.41, 5.74) is 1.48. The summed E-state index contributed by atoms with van der Waals surface area (Å²) in [4.78, 5) is 29.6. The van der Waals surface area contributed by atoms with Crippen LogP contribution in [0, 0.1) is 11.7 Å². The minimum absolute atomic E-state index is 0.197. The van der Waals surface area contributed by atoms with Crippen molar-refractivity contribution in [1.82, 2.24) is 14.9 Å². The molecule has 2 N–H and O–H groups in total. The summed E-state index contributed by atoms with van der Waals surface area (Å²) in [6.45, 7) is 5.42. The van der Waals surface area contributed by atoms with E-state index in [9.17, 15) is 14.0 Å². The Morgan fingerprint density at radius 2 is 2.07 bits per heavy atom. The molecular formula is C20H25FN4O2. The van der Waals surface area contributed by atoms with E-state index < -0.39 is 11.7 Å². The molecule has 0 atom stereocenters. The summed E-state index contributed by atoms with van der Waals surface area (Å²) in [5.74, 6) is -0.420. The molecule has 0 saturated heterocycles. The van der Waals surface area contributed by atoms with Gasteiger partial charge >= 0.3 is 0 Å². The number of halogens is 1. The summed E-state index contributed by atoms with van der Waals surface area (Å²) < 4.78 is 15.2. The zero-order chi connectivity index (χ0) is 19.4. The van der Waals surface area contributed by atoms with Gasteiger partial charge in [0.15, 0.2) is 5.82 Å². The van der Waals surface area contributed by atoms with Crippen molar-refractivity contribution in [3.8, 4) is 0 Å². The van der Waals surface area contributed by atoms with Gasteiger partial charge in [0.1, 0.15) is 11.5 Å². The number of hydrogen-bond acceptors (Lipinski definition) is 3. The lowest BCUT2D eigenvalue weighted by molar-refractivity contribution is 0.0946. The first kappa shape index (κ1) is 19.1. The Kier molecular flexibility index (Phi) is 5.88. The van der Waals surface area contributed by atoms with Crippen molar-refractivity contribution in [2.45, 2.75) is 46.1 Å².